The van der Waals surface area contributed by atoms with Crippen molar-refractivity contribution in [3.8, 4) is 22.1 Å². The number of ether oxygens (including phenoxy) is 2. The van der Waals surface area contributed by atoms with Crippen molar-refractivity contribution < 1.29 is 14.3 Å². The van der Waals surface area contributed by atoms with Crippen molar-refractivity contribution in [2.24, 2.45) is 0 Å². The molecule has 0 atom stereocenters. The third-order valence-corrected chi connectivity index (χ3v) is 6.11. The largest absolute Gasteiger partial charge is 0.493 e. The molecule has 0 spiro atoms. The Morgan fingerprint density at radius 2 is 1.77 bits per heavy atom. The third-order valence-electron chi connectivity index (χ3n) is 5.17. The van der Waals surface area contributed by atoms with Crippen molar-refractivity contribution in [2.45, 2.75) is 33.2 Å². The molecular formula is C24H28N2O3S. The van der Waals surface area contributed by atoms with Crippen molar-refractivity contribution in [1.82, 2.24) is 9.88 Å². The van der Waals surface area contributed by atoms with Crippen LogP contribution in [-0.4, -0.2) is 37.1 Å². The lowest BCUT2D eigenvalue weighted by Gasteiger charge is -2.19. The Bertz CT molecular complexity index is 1010. The number of thiazole rings is 1. The molecule has 2 aromatic carbocycles. The summed E-state index contributed by atoms with van der Waals surface area (Å²) in [6.45, 7) is 4.65. The van der Waals surface area contributed by atoms with Crippen LogP contribution in [-0.2, 0) is 24.2 Å². The van der Waals surface area contributed by atoms with Crippen LogP contribution in [0.1, 0.15) is 29.3 Å². The molecular weight excluding hydrogens is 396 g/mol. The highest BCUT2D eigenvalue weighted by Gasteiger charge is 2.16. The highest BCUT2D eigenvalue weighted by Crippen LogP contribution is 2.31. The molecule has 5 nitrogen and oxygen atoms in total. The summed E-state index contributed by atoms with van der Waals surface area (Å²) in [6.07, 6.45) is 1.30. The maximum absolute atomic E-state index is 12.8. The lowest BCUT2D eigenvalue weighted by molar-refractivity contribution is -0.129. The van der Waals surface area contributed by atoms with Crippen LogP contribution in [0.4, 0.5) is 0 Å². The summed E-state index contributed by atoms with van der Waals surface area (Å²) in [7, 11) is 5.05. The number of likely N-dealkylation sites (N-methyl/N-ethyl adjacent to an activating group) is 1. The molecule has 1 amide bonds. The molecule has 3 rings (SSSR count). The van der Waals surface area contributed by atoms with Crippen molar-refractivity contribution in [3.05, 3.63) is 64.2 Å². The van der Waals surface area contributed by atoms with Crippen LogP contribution in [0.3, 0.4) is 0 Å². The Kier molecular flexibility index (Phi) is 7.11. The van der Waals surface area contributed by atoms with Gasteiger partial charge in [-0.05, 0) is 42.2 Å². The van der Waals surface area contributed by atoms with Gasteiger partial charge in [0.15, 0.2) is 11.5 Å². The normalized spacial score (nSPS) is 10.7. The van der Waals surface area contributed by atoms with E-state index in [4.69, 9.17) is 9.47 Å². The van der Waals surface area contributed by atoms with E-state index in [0.717, 1.165) is 33.8 Å². The molecule has 0 fully saturated rings. The molecule has 0 bridgehead atoms. The standard InChI is InChI=1S/C24H28N2O3S/c1-6-17-7-9-18(10-8-17)24-25-20(15-30-24)13-23(27)26(3)14-19-12-22(29-5)21(28-4)11-16(19)2/h7-12,15H,6,13-14H2,1-5H3. The first kappa shape index (κ1) is 21.8. The first-order valence-corrected chi connectivity index (χ1v) is 10.8. The SMILES string of the molecule is CCc1ccc(-c2nc(CC(=O)N(C)Cc3cc(OC)c(OC)cc3C)cs2)cc1. The molecule has 0 N–H and O–H groups in total. The van der Waals surface area contributed by atoms with Crippen LogP contribution in [0, 0.1) is 6.92 Å². The summed E-state index contributed by atoms with van der Waals surface area (Å²) in [5.41, 5.74) is 5.27. The van der Waals surface area contributed by atoms with Gasteiger partial charge in [0.05, 0.1) is 26.3 Å². The molecule has 0 saturated carbocycles. The van der Waals surface area contributed by atoms with Gasteiger partial charge in [0.2, 0.25) is 5.91 Å². The fourth-order valence-corrected chi connectivity index (χ4v) is 4.06. The zero-order valence-corrected chi connectivity index (χ0v) is 19.0. The lowest BCUT2D eigenvalue weighted by Crippen LogP contribution is -2.28. The number of nitrogens with zero attached hydrogens (tertiary/aromatic N) is 2. The maximum Gasteiger partial charge on any atom is 0.228 e. The number of aryl methyl sites for hydroxylation is 2. The molecule has 0 saturated heterocycles. The molecule has 30 heavy (non-hydrogen) atoms. The zero-order valence-electron chi connectivity index (χ0n) is 18.2. The molecule has 0 aliphatic heterocycles. The highest BCUT2D eigenvalue weighted by atomic mass is 32.1. The van der Waals surface area contributed by atoms with E-state index in [1.165, 1.54) is 5.56 Å². The topological polar surface area (TPSA) is 51.7 Å². The van der Waals surface area contributed by atoms with E-state index in [0.29, 0.717) is 18.0 Å². The molecule has 158 valence electrons. The monoisotopic (exact) mass is 424 g/mol. The smallest absolute Gasteiger partial charge is 0.228 e. The van der Waals surface area contributed by atoms with Crippen LogP contribution >= 0.6 is 11.3 Å². The number of hydrogen-bond donors (Lipinski definition) is 0. The average Bonchev–Trinajstić information content (AvgIpc) is 3.23. The number of aromatic nitrogens is 1. The Balaban J connectivity index is 1.67. The third kappa shape index (κ3) is 5.00. The van der Waals surface area contributed by atoms with Crippen LogP contribution in [0.25, 0.3) is 10.6 Å². The minimum Gasteiger partial charge on any atom is -0.493 e. The lowest BCUT2D eigenvalue weighted by atomic mass is 10.1. The predicted molar refractivity (Wildman–Crippen MR) is 121 cm³/mol. The summed E-state index contributed by atoms with van der Waals surface area (Å²) in [5, 5.41) is 2.91. The molecule has 1 heterocycles. The van der Waals surface area contributed by atoms with E-state index in [9.17, 15) is 4.79 Å². The summed E-state index contributed by atoms with van der Waals surface area (Å²) < 4.78 is 10.7. The van der Waals surface area contributed by atoms with Crippen molar-refractivity contribution in [1.29, 1.82) is 0 Å². The van der Waals surface area contributed by atoms with Crippen molar-refractivity contribution in [3.63, 3.8) is 0 Å². The Labute approximate surface area is 182 Å². The fraction of sp³-hybridized carbons (Fsp3) is 0.333. The van der Waals surface area contributed by atoms with Gasteiger partial charge in [-0.25, -0.2) is 4.98 Å². The van der Waals surface area contributed by atoms with Gasteiger partial charge in [-0.2, -0.15) is 0 Å². The van der Waals surface area contributed by atoms with Crippen LogP contribution in [0.2, 0.25) is 0 Å². The predicted octanol–water partition coefficient (Wildman–Crippen LogP) is 4.90. The highest BCUT2D eigenvalue weighted by molar-refractivity contribution is 7.13. The molecule has 0 radical (unpaired) electrons. The number of rotatable bonds is 8. The number of carbonyl (C=O) groups is 1. The second-order valence-electron chi connectivity index (χ2n) is 7.25. The number of benzene rings is 2. The quantitative estimate of drug-likeness (QED) is 0.516. The summed E-state index contributed by atoms with van der Waals surface area (Å²) >= 11 is 1.57. The molecule has 1 aromatic heterocycles. The van der Waals surface area contributed by atoms with Gasteiger partial charge in [-0.3, -0.25) is 4.79 Å². The molecule has 3 aromatic rings. The van der Waals surface area contributed by atoms with Crippen molar-refractivity contribution >= 4 is 17.2 Å². The molecule has 0 aliphatic rings. The Morgan fingerprint density at radius 3 is 2.40 bits per heavy atom. The van der Waals surface area contributed by atoms with Gasteiger partial charge in [0.1, 0.15) is 5.01 Å². The van der Waals surface area contributed by atoms with Crippen LogP contribution in [0.15, 0.2) is 41.8 Å². The molecule has 0 unspecified atom stereocenters. The minimum absolute atomic E-state index is 0.0300. The van der Waals surface area contributed by atoms with E-state index >= 15 is 0 Å². The molecule has 6 heteroatoms. The second kappa shape index (κ2) is 9.76. The first-order chi connectivity index (χ1) is 14.4. The van der Waals surface area contributed by atoms with Crippen LogP contribution < -0.4 is 9.47 Å². The first-order valence-electron chi connectivity index (χ1n) is 9.94. The van der Waals surface area contributed by atoms with Crippen molar-refractivity contribution in [2.75, 3.05) is 21.3 Å². The molecule has 0 aliphatic carbocycles. The fourth-order valence-electron chi connectivity index (χ4n) is 3.23. The number of methoxy groups -OCH3 is 2. The van der Waals surface area contributed by atoms with Crippen LogP contribution in [0.5, 0.6) is 11.5 Å². The van der Waals surface area contributed by atoms with Gasteiger partial charge < -0.3 is 14.4 Å². The van der Waals surface area contributed by atoms with Gasteiger partial charge in [-0.15, -0.1) is 11.3 Å². The van der Waals surface area contributed by atoms with Gasteiger partial charge in [0, 0.05) is 24.5 Å². The van der Waals surface area contributed by atoms with E-state index in [2.05, 4.69) is 36.2 Å². The summed E-state index contributed by atoms with van der Waals surface area (Å²) in [5.74, 6) is 1.38. The van der Waals surface area contributed by atoms with Gasteiger partial charge >= 0.3 is 0 Å². The number of hydrogen-bond acceptors (Lipinski definition) is 5. The van der Waals surface area contributed by atoms with Gasteiger partial charge in [-0.1, -0.05) is 31.2 Å². The second-order valence-corrected chi connectivity index (χ2v) is 8.11. The van der Waals surface area contributed by atoms with Gasteiger partial charge in [0.25, 0.3) is 0 Å². The number of carbonyl (C=O) groups excluding carboxylic acids is 1. The Morgan fingerprint density at radius 1 is 1.10 bits per heavy atom. The summed E-state index contributed by atoms with van der Waals surface area (Å²) in [6, 6.07) is 12.3. The van der Waals surface area contributed by atoms with E-state index < -0.39 is 0 Å². The zero-order chi connectivity index (χ0) is 21.7. The number of amides is 1. The van der Waals surface area contributed by atoms with E-state index in [1.807, 2.05) is 31.5 Å². The van der Waals surface area contributed by atoms with E-state index in [-0.39, 0.29) is 12.3 Å². The minimum atomic E-state index is 0.0300. The summed E-state index contributed by atoms with van der Waals surface area (Å²) in [4.78, 5) is 19.2. The average molecular weight is 425 g/mol. The maximum atomic E-state index is 12.8. The van der Waals surface area contributed by atoms with E-state index in [1.54, 1.807) is 30.5 Å². The Hall–Kier alpha value is -2.86.